The lowest BCUT2D eigenvalue weighted by Crippen LogP contribution is -2.46. The first-order valence-corrected chi connectivity index (χ1v) is 8.47. The molecule has 2 amide bonds. The molecule has 1 unspecified atom stereocenters. The molecule has 0 aromatic carbocycles. The maximum absolute atomic E-state index is 12.8. The minimum absolute atomic E-state index is 0.0607. The van der Waals surface area contributed by atoms with Crippen molar-refractivity contribution in [2.75, 3.05) is 13.1 Å². The van der Waals surface area contributed by atoms with Gasteiger partial charge in [-0.3, -0.25) is 19.4 Å². The number of rotatable bonds is 7. The van der Waals surface area contributed by atoms with Crippen molar-refractivity contribution in [1.82, 2.24) is 30.2 Å². The molecule has 0 aliphatic heterocycles. The van der Waals surface area contributed by atoms with Gasteiger partial charge < -0.3 is 15.3 Å². The van der Waals surface area contributed by atoms with Gasteiger partial charge in [-0.15, -0.1) is 0 Å². The van der Waals surface area contributed by atoms with E-state index in [0.29, 0.717) is 5.69 Å². The van der Waals surface area contributed by atoms with Gasteiger partial charge in [0.2, 0.25) is 5.91 Å². The van der Waals surface area contributed by atoms with Gasteiger partial charge in [0.1, 0.15) is 11.7 Å². The number of aliphatic carboxylic acids is 1. The fraction of sp³-hybridized carbons (Fsp3) is 0.471. The maximum atomic E-state index is 12.8. The zero-order valence-electron chi connectivity index (χ0n) is 16.0. The van der Waals surface area contributed by atoms with Gasteiger partial charge in [0.05, 0.1) is 11.4 Å². The number of carboxylic acids is 1. The van der Waals surface area contributed by atoms with Crippen LogP contribution in [0.1, 0.15) is 35.7 Å². The van der Waals surface area contributed by atoms with Crippen LogP contribution in [0, 0.1) is 13.8 Å². The number of amides is 2. The van der Waals surface area contributed by atoms with Crippen molar-refractivity contribution < 1.29 is 19.5 Å². The van der Waals surface area contributed by atoms with Gasteiger partial charge in [0.15, 0.2) is 0 Å². The number of H-pyrrole nitrogens is 1. The lowest BCUT2D eigenvalue weighted by molar-refractivity contribution is -0.141. The van der Waals surface area contributed by atoms with Crippen molar-refractivity contribution in [2.45, 2.75) is 33.7 Å². The third kappa shape index (κ3) is 4.33. The van der Waals surface area contributed by atoms with Crippen LogP contribution in [0.4, 0.5) is 0 Å². The lowest BCUT2D eigenvalue weighted by Gasteiger charge is -2.26. The van der Waals surface area contributed by atoms with Crippen molar-refractivity contribution in [2.24, 2.45) is 7.05 Å². The molecule has 10 heteroatoms. The monoisotopic (exact) mass is 376 g/mol. The van der Waals surface area contributed by atoms with Gasteiger partial charge in [-0.25, -0.2) is 4.79 Å². The van der Waals surface area contributed by atoms with Gasteiger partial charge in [-0.2, -0.15) is 10.2 Å². The van der Waals surface area contributed by atoms with Crippen molar-refractivity contribution >= 4 is 17.8 Å². The summed E-state index contributed by atoms with van der Waals surface area (Å²) in [5.41, 5.74) is 3.24. The Bertz CT molecular complexity index is 869. The van der Waals surface area contributed by atoms with E-state index < -0.39 is 17.9 Å². The molecule has 2 aromatic heterocycles. The number of nitrogens with zero attached hydrogens (tertiary/aromatic N) is 4. The molecule has 1 atom stereocenters. The van der Waals surface area contributed by atoms with E-state index in [9.17, 15) is 19.5 Å². The summed E-state index contributed by atoms with van der Waals surface area (Å²) in [5.74, 6) is -1.89. The number of aromatic amines is 1. The molecular weight excluding hydrogens is 352 g/mol. The van der Waals surface area contributed by atoms with Crippen LogP contribution in [0.3, 0.4) is 0 Å². The molecule has 3 N–H and O–H groups in total. The molecule has 27 heavy (non-hydrogen) atoms. The van der Waals surface area contributed by atoms with Gasteiger partial charge in [-0.1, -0.05) is 0 Å². The summed E-state index contributed by atoms with van der Waals surface area (Å²) in [4.78, 5) is 36.4. The van der Waals surface area contributed by atoms with Crippen molar-refractivity contribution in [3.8, 4) is 11.3 Å². The number of aromatic nitrogens is 4. The van der Waals surface area contributed by atoms with E-state index in [1.165, 1.54) is 18.7 Å². The Morgan fingerprint density at radius 1 is 1.37 bits per heavy atom. The summed E-state index contributed by atoms with van der Waals surface area (Å²) in [6.07, 6.45) is 0. The number of hydrogen-bond acceptors (Lipinski definition) is 5. The SMILES string of the molecule is CC(=O)NCCN(C(=O)c1cc(-c2c(C)nn(C)c2C)n[nH]1)C(C)C(=O)O. The quantitative estimate of drug-likeness (QED) is 0.644. The number of carbonyl (C=O) groups is 3. The highest BCUT2D eigenvalue weighted by atomic mass is 16.4. The molecule has 0 bridgehead atoms. The van der Waals surface area contributed by atoms with Crippen LogP contribution in [0.2, 0.25) is 0 Å². The zero-order valence-corrected chi connectivity index (χ0v) is 16.0. The largest absolute Gasteiger partial charge is 0.480 e. The van der Waals surface area contributed by atoms with Crippen LogP contribution in [-0.2, 0) is 16.6 Å². The summed E-state index contributed by atoms with van der Waals surface area (Å²) < 4.78 is 1.73. The minimum atomic E-state index is -1.13. The Hall–Kier alpha value is -3.17. The fourth-order valence-corrected chi connectivity index (χ4v) is 2.82. The number of aryl methyl sites for hydroxylation is 2. The topological polar surface area (TPSA) is 133 Å². The standard InChI is InChI=1S/C17H24N6O4/c1-9-15(10(2)22(5)21-9)13-8-14(20-19-13)16(25)23(11(3)17(26)27)7-6-18-12(4)24/h8,11H,6-7H2,1-5H3,(H,18,24)(H,19,20)(H,26,27). The summed E-state index contributed by atoms with van der Waals surface area (Å²) >= 11 is 0. The number of carbonyl (C=O) groups excluding carboxylic acids is 2. The molecular formula is C17H24N6O4. The van der Waals surface area contributed by atoms with E-state index in [4.69, 9.17) is 0 Å². The summed E-state index contributed by atoms with van der Waals surface area (Å²) in [6.45, 7) is 6.74. The lowest BCUT2D eigenvalue weighted by atomic mass is 10.1. The molecule has 146 valence electrons. The normalized spacial score (nSPS) is 11.9. The summed E-state index contributed by atoms with van der Waals surface area (Å²) in [5, 5.41) is 23.1. The Kier molecular flexibility index (Phi) is 5.98. The molecule has 10 nitrogen and oxygen atoms in total. The molecule has 0 spiro atoms. The van der Waals surface area contributed by atoms with E-state index >= 15 is 0 Å². The molecule has 0 aliphatic rings. The highest BCUT2D eigenvalue weighted by molar-refractivity contribution is 5.96. The van der Waals surface area contributed by atoms with Crippen LogP contribution >= 0.6 is 0 Å². The minimum Gasteiger partial charge on any atom is -0.480 e. The molecule has 2 aromatic rings. The van der Waals surface area contributed by atoms with Gasteiger partial charge in [0.25, 0.3) is 5.91 Å². The molecule has 0 aliphatic carbocycles. The van der Waals surface area contributed by atoms with Crippen LogP contribution in [0.5, 0.6) is 0 Å². The Labute approximate surface area is 156 Å². The van der Waals surface area contributed by atoms with E-state index in [1.54, 1.807) is 10.7 Å². The average Bonchev–Trinajstić information content (AvgIpc) is 3.15. The Morgan fingerprint density at radius 2 is 2.04 bits per heavy atom. The second-order valence-corrected chi connectivity index (χ2v) is 6.33. The Morgan fingerprint density at radius 3 is 2.56 bits per heavy atom. The second-order valence-electron chi connectivity index (χ2n) is 6.33. The summed E-state index contributed by atoms with van der Waals surface area (Å²) in [7, 11) is 1.82. The van der Waals surface area contributed by atoms with Gasteiger partial charge >= 0.3 is 5.97 Å². The molecule has 0 saturated carbocycles. The van der Waals surface area contributed by atoms with E-state index in [0.717, 1.165) is 17.0 Å². The van der Waals surface area contributed by atoms with Crippen LogP contribution in [-0.4, -0.2) is 66.9 Å². The third-order valence-corrected chi connectivity index (χ3v) is 4.39. The van der Waals surface area contributed by atoms with E-state index in [1.807, 2.05) is 20.9 Å². The molecule has 0 radical (unpaired) electrons. The highest BCUT2D eigenvalue weighted by Crippen LogP contribution is 2.25. The molecule has 2 rings (SSSR count). The second kappa shape index (κ2) is 8.02. The van der Waals surface area contributed by atoms with Crippen molar-refractivity contribution in [3.05, 3.63) is 23.1 Å². The first-order valence-electron chi connectivity index (χ1n) is 8.47. The first kappa shape index (κ1) is 20.1. The fourth-order valence-electron chi connectivity index (χ4n) is 2.82. The Balaban J connectivity index is 2.28. The number of carboxylic acid groups (broad SMARTS) is 1. The summed E-state index contributed by atoms with van der Waals surface area (Å²) in [6, 6.07) is 0.527. The average molecular weight is 376 g/mol. The van der Waals surface area contributed by atoms with Crippen molar-refractivity contribution in [1.29, 1.82) is 0 Å². The van der Waals surface area contributed by atoms with Crippen LogP contribution in [0.25, 0.3) is 11.3 Å². The zero-order chi connectivity index (χ0) is 20.3. The first-order chi connectivity index (χ1) is 12.6. The van der Waals surface area contributed by atoms with Crippen LogP contribution < -0.4 is 5.32 Å². The number of nitrogens with one attached hydrogen (secondary N) is 2. The highest BCUT2D eigenvalue weighted by Gasteiger charge is 2.28. The predicted molar refractivity (Wildman–Crippen MR) is 97.1 cm³/mol. The van der Waals surface area contributed by atoms with Gasteiger partial charge in [0, 0.05) is 38.3 Å². The van der Waals surface area contributed by atoms with Gasteiger partial charge in [-0.05, 0) is 26.8 Å². The van der Waals surface area contributed by atoms with Crippen molar-refractivity contribution in [3.63, 3.8) is 0 Å². The molecule has 2 heterocycles. The molecule has 0 fully saturated rings. The molecule has 0 saturated heterocycles. The van der Waals surface area contributed by atoms with E-state index in [2.05, 4.69) is 20.6 Å². The smallest absolute Gasteiger partial charge is 0.326 e. The van der Waals surface area contributed by atoms with E-state index in [-0.39, 0.29) is 24.7 Å². The number of hydrogen-bond donors (Lipinski definition) is 3. The third-order valence-electron chi connectivity index (χ3n) is 4.39. The van der Waals surface area contributed by atoms with Crippen LogP contribution in [0.15, 0.2) is 6.07 Å². The predicted octanol–water partition coefficient (Wildman–Crippen LogP) is 0.478. The maximum Gasteiger partial charge on any atom is 0.326 e.